The number of para-hydroxylation sites is 1. The molecule has 0 saturated carbocycles. The Balaban J connectivity index is 2.29. The van der Waals surface area contributed by atoms with E-state index in [-0.39, 0.29) is 12.3 Å². The van der Waals surface area contributed by atoms with Gasteiger partial charge in [-0.3, -0.25) is 10.2 Å². The van der Waals surface area contributed by atoms with Gasteiger partial charge in [0.15, 0.2) is 5.78 Å². The van der Waals surface area contributed by atoms with E-state index in [1.165, 1.54) is 6.34 Å². The molecule has 0 unspecified atom stereocenters. The van der Waals surface area contributed by atoms with Crippen LogP contribution in [0.1, 0.15) is 18.1 Å². The lowest BCUT2D eigenvalue weighted by Gasteiger charge is -2.21. The summed E-state index contributed by atoms with van der Waals surface area (Å²) in [7, 11) is 1.81. The first-order valence-electron chi connectivity index (χ1n) is 9.49. The average Bonchev–Trinajstić information content (AvgIpc) is 2.76. The second-order valence-corrected chi connectivity index (χ2v) is 7.83. The molecule has 0 saturated heterocycles. The minimum absolute atomic E-state index is 0.0660. The second kappa shape index (κ2) is 11.7. The summed E-state index contributed by atoms with van der Waals surface area (Å²) >= 11 is 3.35. The molecule has 5 heteroatoms. The highest BCUT2D eigenvalue weighted by Gasteiger charge is 2.12. The molecule has 0 atom stereocenters. The van der Waals surface area contributed by atoms with E-state index in [0.717, 1.165) is 27.0 Å². The summed E-state index contributed by atoms with van der Waals surface area (Å²) in [6, 6.07) is 15.8. The molecule has 30 heavy (non-hydrogen) atoms. The van der Waals surface area contributed by atoms with Gasteiger partial charge in [0, 0.05) is 18.2 Å². The Labute approximate surface area is 186 Å². The molecule has 2 N–H and O–H groups in total. The molecule has 4 nitrogen and oxygen atoms in total. The lowest BCUT2D eigenvalue weighted by molar-refractivity contribution is -0.113. The molecule has 0 aliphatic rings. The average molecular weight is 464 g/mol. The van der Waals surface area contributed by atoms with Crippen molar-refractivity contribution in [1.29, 1.82) is 5.41 Å². The van der Waals surface area contributed by atoms with Crippen molar-refractivity contribution >= 4 is 51.6 Å². The van der Waals surface area contributed by atoms with Gasteiger partial charge in [0.25, 0.3) is 0 Å². The Bertz CT molecular complexity index is 987. The zero-order valence-electron chi connectivity index (χ0n) is 17.2. The molecule has 0 aliphatic carbocycles. The van der Waals surface area contributed by atoms with Crippen LogP contribution in [0.4, 0.5) is 11.4 Å². The molecule has 0 fully saturated rings. The molecule has 0 radical (unpaired) electrons. The number of nitrogens with zero attached hydrogens (tertiary/aromatic N) is 1. The Morgan fingerprint density at radius 3 is 2.50 bits per heavy atom. The largest absolute Gasteiger partial charge is 0.376 e. The van der Waals surface area contributed by atoms with Crippen LogP contribution in [0.3, 0.4) is 0 Å². The van der Waals surface area contributed by atoms with Gasteiger partial charge < -0.3 is 10.2 Å². The summed E-state index contributed by atoms with van der Waals surface area (Å²) in [5.74, 6) is -0.0660. The van der Waals surface area contributed by atoms with Gasteiger partial charge in [-0.2, -0.15) is 0 Å². The van der Waals surface area contributed by atoms with Crippen molar-refractivity contribution in [2.24, 2.45) is 0 Å². The molecule has 0 spiro atoms. The van der Waals surface area contributed by atoms with Gasteiger partial charge in [0.05, 0.1) is 24.3 Å². The Hall–Kier alpha value is -3.18. The molecule has 2 aromatic carbocycles. The maximum Gasteiger partial charge on any atom is 0.181 e. The van der Waals surface area contributed by atoms with E-state index in [4.69, 9.17) is 5.41 Å². The van der Waals surface area contributed by atoms with E-state index >= 15 is 0 Å². The van der Waals surface area contributed by atoms with Gasteiger partial charge in [-0.25, -0.2) is 0 Å². The predicted molar refractivity (Wildman–Crippen MR) is 133 cm³/mol. The molecule has 154 valence electrons. The number of hydrogen-bond acceptors (Lipinski definition) is 3. The number of benzene rings is 2. The summed E-state index contributed by atoms with van der Waals surface area (Å²) in [5, 5.41) is 10.9. The molecule has 0 heterocycles. The minimum atomic E-state index is -0.0660. The molecular formula is C25H26BrN3O. The van der Waals surface area contributed by atoms with Crippen molar-refractivity contribution in [3.8, 4) is 0 Å². The van der Waals surface area contributed by atoms with E-state index in [0.29, 0.717) is 5.57 Å². The van der Waals surface area contributed by atoms with Crippen molar-refractivity contribution in [2.45, 2.75) is 6.92 Å². The summed E-state index contributed by atoms with van der Waals surface area (Å²) in [6.07, 6.45) is 10.4. The monoisotopic (exact) mass is 463 g/mol. The Morgan fingerprint density at radius 1 is 1.13 bits per heavy atom. The van der Waals surface area contributed by atoms with Crippen LogP contribution in [-0.4, -0.2) is 25.7 Å². The first kappa shape index (κ1) is 23.1. The number of allylic oxidation sites excluding steroid dienone is 4. The van der Waals surface area contributed by atoms with Crippen molar-refractivity contribution in [1.82, 2.24) is 0 Å². The van der Waals surface area contributed by atoms with E-state index in [9.17, 15) is 4.79 Å². The number of nitrogens with one attached hydrogen (secondary N) is 2. The third-order valence-electron chi connectivity index (χ3n) is 4.34. The molecule has 0 amide bonds. The van der Waals surface area contributed by atoms with Gasteiger partial charge in [-0.05, 0) is 23.0 Å². The number of carbonyl (C=O) groups excluding carboxylic acids is 1. The predicted octanol–water partition coefficient (Wildman–Crippen LogP) is 6.29. The minimum Gasteiger partial charge on any atom is -0.376 e. The first-order valence-corrected chi connectivity index (χ1v) is 10.3. The molecule has 2 rings (SSSR count). The van der Waals surface area contributed by atoms with Crippen LogP contribution >= 0.6 is 15.9 Å². The normalized spacial score (nSPS) is 12.0. The van der Waals surface area contributed by atoms with Gasteiger partial charge in [0.1, 0.15) is 0 Å². The number of rotatable bonds is 10. The quantitative estimate of drug-likeness (QED) is 0.143. The summed E-state index contributed by atoms with van der Waals surface area (Å²) < 4.78 is 0.926. The number of halogens is 1. The molecule has 0 bridgehead atoms. The van der Waals surface area contributed by atoms with Crippen LogP contribution in [0.2, 0.25) is 0 Å². The van der Waals surface area contributed by atoms with Gasteiger partial charge in [0.2, 0.25) is 0 Å². The maximum absolute atomic E-state index is 12.6. The first-order chi connectivity index (χ1) is 14.5. The van der Waals surface area contributed by atoms with Crippen LogP contribution in [0.25, 0.3) is 12.2 Å². The van der Waals surface area contributed by atoms with Crippen LogP contribution < -0.4 is 10.2 Å². The van der Waals surface area contributed by atoms with Gasteiger partial charge in [-0.1, -0.05) is 95.4 Å². The number of carbonyl (C=O) groups is 1. The summed E-state index contributed by atoms with van der Waals surface area (Å²) in [4.78, 5) is 14.3. The SMILES string of the molecule is C=C/C(=C\C=C(/C)Br)C(=O)CNc1cccc(/C=C/c2ccccc2)c1N(C)C=N. The van der Waals surface area contributed by atoms with Crippen LogP contribution in [0.5, 0.6) is 0 Å². The van der Waals surface area contributed by atoms with Crippen LogP contribution in [0, 0.1) is 5.41 Å². The van der Waals surface area contributed by atoms with Gasteiger partial charge in [-0.15, -0.1) is 0 Å². The molecule has 0 aliphatic heterocycles. The highest BCUT2D eigenvalue weighted by atomic mass is 79.9. The van der Waals surface area contributed by atoms with Crippen LogP contribution in [-0.2, 0) is 4.79 Å². The Morgan fingerprint density at radius 2 is 1.87 bits per heavy atom. The molecule has 0 aromatic heterocycles. The maximum atomic E-state index is 12.6. The fourth-order valence-electron chi connectivity index (χ4n) is 2.80. The number of ketones is 1. The standard InChI is InChI=1S/C25H26BrN3O/c1-4-21(15-13-19(2)26)24(30)17-28-23-12-8-11-22(25(23)29(3)18-27)16-14-20-9-6-5-7-10-20/h4-16,18,27-28H,1,17H2,2-3H3/b16-14+,19-13+,21-15+,27-18?. The van der Waals surface area contributed by atoms with Crippen molar-refractivity contribution in [3.05, 3.63) is 94.5 Å². The summed E-state index contributed by atoms with van der Waals surface area (Å²) in [5.41, 5.74) is 4.17. The number of anilines is 2. The molecule has 2 aromatic rings. The van der Waals surface area contributed by atoms with Crippen molar-refractivity contribution < 1.29 is 4.79 Å². The number of hydrogen-bond donors (Lipinski definition) is 2. The van der Waals surface area contributed by atoms with E-state index in [2.05, 4.69) is 27.8 Å². The van der Waals surface area contributed by atoms with E-state index in [1.54, 1.807) is 17.1 Å². The summed E-state index contributed by atoms with van der Waals surface area (Å²) in [6.45, 7) is 5.75. The van der Waals surface area contributed by atoms with Crippen LogP contribution in [0.15, 0.2) is 83.4 Å². The topological polar surface area (TPSA) is 56.2 Å². The number of Topliss-reactive ketones (excluding diaryl/α,β-unsaturated/α-hetero) is 1. The highest BCUT2D eigenvalue weighted by Crippen LogP contribution is 2.30. The fraction of sp³-hybridized carbons (Fsp3) is 0.120. The Kier molecular flexibility index (Phi) is 9.03. The highest BCUT2D eigenvalue weighted by molar-refractivity contribution is 9.11. The third kappa shape index (κ3) is 6.71. The zero-order valence-corrected chi connectivity index (χ0v) is 18.8. The van der Waals surface area contributed by atoms with E-state index < -0.39 is 0 Å². The smallest absolute Gasteiger partial charge is 0.181 e. The van der Waals surface area contributed by atoms with E-state index in [1.807, 2.05) is 80.7 Å². The molecular weight excluding hydrogens is 438 g/mol. The van der Waals surface area contributed by atoms with Gasteiger partial charge >= 0.3 is 0 Å². The second-order valence-electron chi connectivity index (χ2n) is 6.58. The zero-order chi connectivity index (χ0) is 21.9. The fourth-order valence-corrected chi connectivity index (χ4v) is 2.94. The lowest BCUT2D eigenvalue weighted by atomic mass is 10.1. The van der Waals surface area contributed by atoms with Crippen molar-refractivity contribution in [3.63, 3.8) is 0 Å². The third-order valence-corrected chi connectivity index (χ3v) is 4.61. The van der Waals surface area contributed by atoms with Crippen molar-refractivity contribution in [2.75, 3.05) is 23.8 Å². The lowest BCUT2D eigenvalue weighted by Crippen LogP contribution is -2.20.